The van der Waals surface area contributed by atoms with Crippen molar-refractivity contribution in [3.8, 4) is 5.75 Å². The van der Waals surface area contributed by atoms with Crippen molar-refractivity contribution in [2.45, 2.75) is 13.0 Å². The summed E-state index contributed by atoms with van der Waals surface area (Å²) in [6.07, 6.45) is 2.12. The van der Waals surface area contributed by atoms with Crippen LogP contribution in [-0.2, 0) is 20.0 Å². The average Bonchev–Trinajstić information content (AvgIpc) is 3.12. The van der Waals surface area contributed by atoms with Gasteiger partial charge in [0, 0.05) is 19.2 Å². The van der Waals surface area contributed by atoms with Crippen molar-refractivity contribution < 1.29 is 5.11 Å². The molecule has 0 aliphatic heterocycles. The number of aryl methyl sites for hydroxylation is 3. The topological polar surface area (TPSA) is 117 Å². The Labute approximate surface area is 171 Å². The summed E-state index contributed by atoms with van der Waals surface area (Å²) in [5, 5.41) is 14.0. The highest BCUT2D eigenvalue weighted by Crippen LogP contribution is 2.17. The number of fused-ring (bicyclic) bond motifs is 1. The molecule has 2 aromatic carbocycles. The Hall–Kier alpha value is -4.14. The Morgan fingerprint density at radius 3 is 2.63 bits per heavy atom. The van der Waals surface area contributed by atoms with Gasteiger partial charge in [0.2, 0.25) is 5.95 Å². The van der Waals surface area contributed by atoms with Crippen molar-refractivity contribution in [1.82, 2.24) is 19.1 Å². The highest BCUT2D eigenvalue weighted by atomic mass is 16.3. The normalized spacial score (nSPS) is 11.4. The highest BCUT2D eigenvalue weighted by molar-refractivity contribution is 5.83. The van der Waals surface area contributed by atoms with E-state index in [1.165, 1.54) is 10.8 Å². The molecule has 0 aliphatic carbocycles. The third kappa shape index (κ3) is 3.72. The van der Waals surface area contributed by atoms with Crippen LogP contribution in [0.2, 0.25) is 0 Å². The van der Waals surface area contributed by atoms with E-state index in [0.717, 1.165) is 5.56 Å². The minimum absolute atomic E-state index is 0.0967. The fraction of sp³-hybridized carbons (Fsp3) is 0.143. The fourth-order valence-corrected chi connectivity index (χ4v) is 3.18. The van der Waals surface area contributed by atoms with Crippen LogP contribution in [-0.4, -0.2) is 30.4 Å². The van der Waals surface area contributed by atoms with Gasteiger partial charge in [0.05, 0.1) is 6.21 Å². The Morgan fingerprint density at radius 1 is 1.13 bits per heavy atom. The van der Waals surface area contributed by atoms with E-state index in [9.17, 15) is 14.7 Å². The summed E-state index contributed by atoms with van der Waals surface area (Å²) in [6.45, 7) is 0.455. The van der Waals surface area contributed by atoms with Crippen molar-refractivity contribution in [2.24, 2.45) is 12.1 Å². The Bertz CT molecular complexity index is 1330. The lowest BCUT2D eigenvalue weighted by Crippen LogP contribution is -2.29. The molecule has 0 aliphatic rings. The van der Waals surface area contributed by atoms with Crippen LogP contribution in [0.25, 0.3) is 11.2 Å². The zero-order chi connectivity index (χ0) is 21.1. The molecule has 0 atom stereocenters. The average molecular weight is 404 g/mol. The molecule has 0 saturated heterocycles. The van der Waals surface area contributed by atoms with Gasteiger partial charge in [-0.25, -0.2) is 10.2 Å². The number of H-pyrrole nitrogens is 1. The molecule has 2 heterocycles. The van der Waals surface area contributed by atoms with Crippen LogP contribution in [0.5, 0.6) is 5.75 Å². The number of hydrogen-bond acceptors (Lipinski definition) is 6. The smallest absolute Gasteiger partial charge is 0.329 e. The van der Waals surface area contributed by atoms with Crippen LogP contribution in [0.4, 0.5) is 5.95 Å². The summed E-state index contributed by atoms with van der Waals surface area (Å²) in [7, 11) is 1.55. The van der Waals surface area contributed by atoms with Crippen LogP contribution in [0.1, 0.15) is 11.1 Å². The van der Waals surface area contributed by atoms with Crippen LogP contribution < -0.4 is 16.7 Å². The number of nitrogens with zero attached hydrogens (tertiary/aromatic N) is 4. The highest BCUT2D eigenvalue weighted by Gasteiger charge is 2.17. The number of hydrazone groups is 1. The van der Waals surface area contributed by atoms with Crippen molar-refractivity contribution >= 4 is 23.3 Å². The maximum Gasteiger partial charge on any atom is 0.329 e. The number of aromatic hydroxyl groups is 1. The Balaban J connectivity index is 1.72. The third-order valence-electron chi connectivity index (χ3n) is 4.78. The van der Waals surface area contributed by atoms with E-state index in [0.29, 0.717) is 24.5 Å². The predicted octanol–water partition coefficient (Wildman–Crippen LogP) is 1.82. The van der Waals surface area contributed by atoms with Gasteiger partial charge in [-0.2, -0.15) is 10.1 Å². The van der Waals surface area contributed by atoms with E-state index < -0.39 is 11.2 Å². The van der Waals surface area contributed by atoms with Crippen LogP contribution in [0.3, 0.4) is 0 Å². The maximum absolute atomic E-state index is 12.5. The first-order valence-corrected chi connectivity index (χ1v) is 9.35. The first-order valence-electron chi connectivity index (χ1n) is 9.35. The molecule has 3 N–H and O–H groups in total. The number of nitrogens with one attached hydrogen (secondary N) is 2. The van der Waals surface area contributed by atoms with E-state index in [4.69, 9.17) is 0 Å². The second-order valence-corrected chi connectivity index (χ2v) is 6.74. The minimum Gasteiger partial charge on any atom is -0.507 e. The minimum atomic E-state index is -0.538. The van der Waals surface area contributed by atoms with E-state index in [1.807, 2.05) is 30.3 Å². The first kappa shape index (κ1) is 19.2. The first-order chi connectivity index (χ1) is 14.5. The Morgan fingerprint density at radius 2 is 1.87 bits per heavy atom. The summed E-state index contributed by atoms with van der Waals surface area (Å²) < 4.78 is 2.98. The lowest BCUT2D eigenvalue weighted by molar-refractivity contribution is 0.474. The van der Waals surface area contributed by atoms with Gasteiger partial charge in [-0.3, -0.25) is 14.3 Å². The van der Waals surface area contributed by atoms with Gasteiger partial charge in [-0.1, -0.05) is 42.5 Å². The number of imidazole rings is 1. The van der Waals surface area contributed by atoms with Gasteiger partial charge >= 0.3 is 5.69 Å². The van der Waals surface area contributed by atoms with Crippen LogP contribution in [0.15, 0.2) is 69.3 Å². The van der Waals surface area contributed by atoms with Gasteiger partial charge in [-0.15, -0.1) is 0 Å². The molecule has 4 aromatic rings. The second-order valence-electron chi connectivity index (χ2n) is 6.74. The SMILES string of the molecule is Cn1c(=O)[nH]c(=O)c2c1nc(NN=Cc1ccccc1O)n2CCc1ccccc1. The van der Waals surface area contributed by atoms with Crippen LogP contribution in [0, 0.1) is 0 Å². The number of anilines is 1. The van der Waals surface area contributed by atoms with E-state index in [2.05, 4.69) is 20.5 Å². The number of aromatic nitrogens is 4. The molecule has 0 amide bonds. The molecule has 4 rings (SSSR count). The molecule has 0 spiro atoms. The lowest BCUT2D eigenvalue weighted by Gasteiger charge is -2.08. The number of phenolic OH excluding ortho intramolecular Hbond substituents is 1. The summed E-state index contributed by atoms with van der Waals surface area (Å²) in [4.78, 5) is 31.2. The molecular formula is C21H20N6O3. The molecular weight excluding hydrogens is 384 g/mol. The summed E-state index contributed by atoms with van der Waals surface area (Å²) in [5.41, 5.74) is 3.96. The van der Waals surface area contributed by atoms with Crippen molar-refractivity contribution in [3.05, 3.63) is 86.6 Å². The van der Waals surface area contributed by atoms with Gasteiger partial charge in [0.15, 0.2) is 11.2 Å². The van der Waals surface area contributed by atoms with Gasteiger partial charge in [-0.05, 0) is 24.1 Å². The Kier molecular flexibility index (Phi) is 5.17. The molecule has 30 heavy (non-hydrogen) atoms. The molecule has 2 aromatic heterocycles. The monoisotopic (exact) mass is 404 g/mol. The molecule has 0 fully saturated rings. The summed E-state index contributed by atoms with van der Waals surface area (Å²) in [5.74, 6) is 0.416. The largest absolute Gasteiger partial charge is 0.507 e. The van der Waals surface area contributed by atoms with Gasteiger partial charge < -0.3 is 9.67 Å². The van der Waals surface area contributed by atoms with E-state index in [-0.39, 0.29) is 16.9 Å². The maximum atomic E-state index is 12.5. The fourth-order valence-electron chi connectivity index (χ4n) is 3.18. The van der Waals surface area contributed by atoms with E-state index >= 15 is 0 Å². The molecule has 0 bridgehead atoms. The molecule has 9 nitrogen and oxygen atoms in total. The third-order valence-corrected chi connectivity index (χ3v) is 4.78. The zero-order valence-corrected chi connectivity index (χ0v) is 16.2. The second kappa shape index (κ2) is 8.08. The number of para-hydroxylation sites is 1. The number of aromatic amines is 1. The number of rotatable bonds is 6. The quantitative estimate of drug-likeness (QED) is 0.335. The van der Waals surface area contributed by atoms with Crippen LogP contribution >= 0.6 is 0 Å². The number of hydrogen-bond donors (Lipinski definition) is 3. The van der Waals surface area contributed by atoms with Gasteiger partial charge in [0.25, 0.3) is 5.56 Å². The summed E-state index contributed by atoms with van der Waals surface area (Å²) in [6, 6.07) is 16.6. The van der Waals surface area contributed by atoms with E-state index in [1.54, 1.807) is 35.9 Å². The zero-order valence-electron chi connectivity index (χ0n) is 16.2. The molecule has 0 unspecified atom stereocenters. The molecule has 9 heteroatoms. The predicted molar refractivity (Wildman–Crippen MR) is 115 cm³/mol. The number of benzene rings is 2. The molecule has 0 saturated carbocycles. The van der Waals surface area contributed by atoms with Crippen molar-refractivity contribution in [3.63, 3.8) is 0 Å². The van der Waals surface area contributed by atoms with Crippen molar-refractivity contribution in [1.29, 1.82) is 0 Å². The van der Waals surface area contributed by atoms with Crippen molar-refractivity contribution in [2.75, 3.05) is 5.43 Å². The standard InChI is InChI=1S/C21H20N6O3/c1-26-18-17(19(29)24-21(26)30)27(12-11-14-7-3-2-4-8-14)20(23-18)25-22-13-15-9-5-6-10-16(15)28/h2-10,13,28H,11-12H2,1H3,(H,23,25)(H,24,29,30). The summed E-state index contributed by atoms with van der Waals surface area (Å²) >= 11 is 0. The number of phenols is 1. The lowest BCUT2D eigenvalue weighted by atomic mass is 10.1. The van der Waals surface area contributed by atoms with Gasteiger partial charge in [0.1, 0.15) is 5.75 Å². The molecule has 152 valence electrons. The molecule has 0 radical (unpaired) electrons.